The minimum absolute atomic E-state index is 0.0549. The standard InChI is InChI=1S/C20H23N3O5/c1-3-22(17-6-4-5-15(2)11-17)10-9-21-20(25)14-28-19-8-7-16(13-24)12-18(19)23(26)27/h4-8,11-13H,3,9-10,14H2,1-2H3,(H,21,25). The maximum atomic E-state index is 12.0. The Hall–Kier alpha value is -3.42. The first kappa shape index (κ1) is 20.9. The fourth-order valence-electron chi connectivity index (χ4n) is 2.69. The number of hydrogen-bond donors (Lipinski definition) is 1. The number of carbonyl (C=O) groups excluding carboxylic acids is 2. The molecule has 1 N–H and O–H groups in total. The summed E-state index contributed by atoms with van der Waals surface area (Å²) < 4.78 is 5.26. The number of nitro benzene ring substituents is 1. The van der Waals surface area contributed by atoms with Gasteiger partial charge in [0.1, 0.15) is 6.29 Å². The van der Waals surface area contributed by atoms with Crippen molar-refractivity contribution < 1.29 is 19.2 Å². The number of anilines is 1. The molecule has 0 aliphatic heterocycles. The first-order valence-corrected chi connectivity index (χ1v) is 8.89. The maximum Gasteiger partial charge on any atom is 0.311 e. The first-order valence-electron chi connectivity index (χ1n) is 8.89. The highest BCUT2D eigenvalue weighted by Crippen LogP contribution is 2.27. The topological polar surface area (TPSA) is 102 Å². The maximum absolute atomic E-state index is 12.0. The number of nitrogens with zero attached hydrogens (tertiary/aromatic N) is 2. The molecule has 28 heavy (non-hydrogen) atoms. The lowest BCUT2D eigenvalue weighted by molar-refractivity contribution is -0.385. The number of benzene rings is 2. The molecule has 0 heterocycles. The van der Waals surface area contributed by atoms with Gasteiger partial charge >= 0.3 is 5.69 Å². The van der Waals surface area contributed by atoms with Gasteiger partial charge < -0.3 is 15.0 Å². The van der Waals surface area contributed by atoms with Gasteiger partial charge in [-0.25, -0.2) is 0 Å². The Labute approximate surface area is 163 Å². The minimum atomic E-state index is -0.652. The fourth-order valence-corrected chi connectivity index (χ4v) is 2.69. The Bertz CT molecular complexity index is 853. The summed E-state index contributed by atoms with van der Waals surface area (Å²) >= 11 is 0. The van der Waals surface area contributed by atoms with Crippen molar-refractivity contribution in [2.24, 2.45) is 0 Å². The third kappa shape index (κ3) is 5.80. The molecule has 2 rings (SSSR count). The number of ether oxygens (including phenoxy) is 1. The van der Waals surface area contributed by atoms with Gasteiger partial charge in [-0.05, 0) is 43.7 Å². The largest absolute Gasteiger partial charge is 0.477 e. The summed E-state index contributed by atoms with van der Waals surface area (Å²) in [6.07, 6.45) is 0.511. The third-order valence-electron chi connectivity index (χ3n) is 4.13. The highest BCUT2D eigenvalue weighted by Gasteiger charge is 2.17. The van der Waals surface area contributed by atoms with Gasteiger partial charge in [0.25, 0.3) is 5.91 Å². The SMILES string of the molecule is CCN(CCNC(=O)COc1ccc(C=O)cc1[N+](=O)[O-])c1cccc(C)c1. The molecule has 0 fully saturated rings. The zero-order chi connectivity index (χ0) is 20.5. The first-order chi connectivity index (χ1) is 13.4. The fraction of sp³-hybridized carbons (Fsp3) is 0.300. The molecule has 148 valence electrons. The van der Waals surface area contributed by atoms with Gasteiger partial charge in [0.05, 0.1) is 4.92 Å². The smallest absolute Gasteiger partial charge is 0.311 e. The Balaban J connectivity index is 1.86. The number of nitrogens with one attached hydrogen (secondary N) is 1. The molecular weight excluding hydrogens is 362 g/mol. The average Bonchev–Trinajstić information content (AvgIpc) is 2.69. The second-order valence-electron chi connectivity index (χ2n) is 6.16. The van der Waals surface area contributed by atoms with Crippen molar-refractivity contribution in [2.45, 2.75) is 13.8 Å². The molecule has 0 unspecified atom stereocenters. The number of hydrogen-bond acceptors (Lipinski definition) is 6. The number of aldehydes is 1. The predicted octanol–water partition coefficient (Wildman–Crippen LogP) is 2.74. The molecule has 0 saturated heterocycles. The van der Waals surface area contributed by atoms with E-state index in [9.17, 15) is 19.7 Å². The second kappa shape index (κ2) is 10.1. The predicted molar refractivity (Wildman–Crippen MR) is 106 cm³/mol. The van der Waals surface area contributed by atoms with Gasteiger partial charge in [0.2, 0.25) is 0 Å². The van der Waals surface area contributed by atoms with Gasteiger partial charge in [0, 0.05) is 37.0 Å². The molecule has 0 aliphatic rings. The summed E-state index contributed by atoms with van der Waals surface area (Å²) in [4.78, 5) is 35.3. The number of aryl methyl sites for hydroxylation is 1. The van der Waals surface area contributed by atoms with E-state index >= 15 is 0 Å². The molecule has 1 amide bonds. The molecule has 0 radical (unpaired) electrons. The summed E-state index contributed by atoms with van der Waals surface area (Å²) in [7, 11) is 0. The van der Waals surface area contributed by atoms with Crippen LogP contribution in [0.2, 0.25) is 0 Å². The number of carbonyl (C=O) groups is 2. The Morgan fingerprint density at radius 3 is 2.71 bits per heavy atom. The van der Waals surface area contributed by atoms with E-state index in [1.165, 1.54) is 12.1 Å². The summed E-state index contributed by atoms with van der Waals surface area (Å²) in [5.41, 5.74) is 2.06. The lowest BCUT2D eigenvalue weighted by Crippen LogP contribution is -2.37. The highest BCUT2D eigenvalue weighted by molar-refractivity contribution is 5.79. The monoisotopic (exact) mass is 385 g/mol. The van der Waals surface area contributed by atoms with E-state index < -0.39 is 4.92 Å². The summed E-state index contributed by atoms with van der Waals surface area (Å²) in [5.74, 6) is -0.435. The molecular formula is C20H23N3O5. The molecule has 8 nitrogen and oxygen atoms in total. The Kier molecular flexibility index (Phi) is 7.50. The van der Waals surface area contributed by atoms with E-state index in [2.05, 4.69) is 16.3 Å². The van der Waals surface area contributed by atoms with Crippen LogP contribution in [0.25, 0.3) is 0 Å². The zero-order valence-corrected chi connectivity index (χ0v) is 15.9. The molecule has 2 aromatic carbocycles. The number of likely N-dealkylation sites (N-methyl/N-ethyl adjacent to an activating group) is 1. The van der Waals surface area contributed by atoms with Crippen LogP contribution < -0.4 is 15.0 Å². The van der Waals surface area contributed by atoms with Crippen LogP contribution in [0.15, 0.2) is 42.5 Å². The van der Waals surface area contributed by atoms with Crippen LogP contribution in [-0.4, -0.2) is 43.4 Å². The van der Waals surface area contributed by atoms with Crippen molar-refractivity contribution in [3.63, 3.8) is 0 Å². The lowest BCUT2D eigenvalue weighted by atomic mass is 10.2. The summed E-state index contributed by atoms with van der Waals surface area (Å²) in [6.45, 7) is 5.55. The van der Waals surface area contributed by atoms with E-state index in [1.54, 1.807) is 0 Å². The molecule has 0 aromatic heterocycles. The van der Waals surface area contributed by atoms with E-state index in [4.69, 9.17) is 4.74 Å². The average molecular weight is 385 g/mol. The van der Waals surface area contributed by atoms with Crippen LogP contribution in [0.1, 0.15) is 22.8 Å². The molecule has 0 aliphatic carbocycles. The van der Waals surface area contributed by atoms with Crippen LogP contribution >= 0.6 is 0 Å². The quantitative estimate of drug-likeness (QED) is 0.383. The Morgan fingerprint density at radius 2 is 2.07 bits per heavy atom. The van der Waals surface area contributed by atoms with Crippen LogP contribution in [0, 0.1) is 17.0 Å². The zero-order valence-electron chi connectivity index (χ0n) is 15.9. The lowest BCUT2D eigenvalue weighted by Gasteiger charge is -2.23. The van der Waals surface area contributed by atoms with Crippen LogP contribution in [0.3, 0.4) is 0 Å². The molecule has 0 saturated carbocycles. The third-order valence-corrected chi connectivity index (χ3v) is 4.13. The molecule has 8 heteroatoms. The van der Waals surface area contributed by atoms with Gasteiger partial charge in [-0.1, -0.05) is 12.1 Å². The highest BCUT2D eigenvalue weighted by atomic mass is 16.6. The van der Waals surface area contributed by atoms with Gasteiger partial charge in [-0.15, -0.1) is 0 Å². The number of amides is 1. The van der Waals surface area contributed by atoms with Crippen molar-refractivity contribution in [2.75, 3.05) is 31.1 Å². The summed E-state index contributed by atoms with van der Waals surface area (Å²) in [5, 5.41) is 13.8. The number of rotatable bonds is 10. The van der Waals surface area contributed by atoms with Crippen LogP contribution in [-0.2, 0) is 4.79 Å². The van der Waals surface area contributed by atoms with Crippen molar-refractivity contribution in [1.29, 1.82) is 0 Å². The van der Waals surface area contributed by atoms with Crippen molar-refractivity contribution in [3.05, 3.63) is 63.7 Å². The van der Waals surface area contributed by atoms with Crippen LogP contribution in [0.4, 0.5) is 11.4 Å². The van der Waals surface area contributed by atoms with Crippen molar-refractivity contribution in [1.82, 2.24) is 5.32 Å². The second-order valence-corrected chi connectivity index (χ2v) is 6.16. The molecule has 0 spiro atoms. The van der Waals surface area contributed by atoms with E-state index in [-0.39, 0.29) is 29.5 Å². The molecule has 0 bridgehead atoms. The minimum Gasteiger partial charge on any atom is -0.477 e. The van der Waals surface area contributed by atoms with Crippen molar-refractivity contribution in [3.8, 4) is 5.75 Å². The van der Waals surface area contributed by atoms with E-state index in [1.807, 2.05) is 32.0 Å². The number of nitro groups is 1. The normalized spacial score (nSPS) is 10.2. The van der Waals surface area contributed by atoms with E-state index in [0.29, 0.717) is 19.4 Å². The van der Waals surface area contributed by atoms with Gasteiger partial charge in [-0.3, -0.25) is 19.7 Å². The molecule has 0 atom stereocenters. The van der Waals surface area contributed by atoms with E-state index in [0.717, 1.165) is 23.9 Å². The van der Waals surface area contributed by atoms with Gasteiger partial charge in [-0.2, -0.15) is 0 Å². The van der Waals surface area contributed by atoms with Gasteiger partial charge in [0.15, 0.2) is 12.4 Å². The summed E-state index contributed by atoms with van der Waals surface area (Å²) in [6, 6.07) is 11.9. The van der Waals surface area contributed by atoms with Crippen molar-refractivity contribution >= 4 is 23.6 Å². The Morgan fingerprint density at radius 1 is 1.29 bits per heavy atom. The van der Waals surface area contributed by atoms with Crippen LogP contribution in [0.5, 0.6) is 5.75 Å². The molecule has 2 aromatic rings.